The number of rotatable bonds is 10. The van der Waals surface area contributed by atoms with Gasteiger partial charge in [-0.2, -0.15) is 0 Å². The third-order valence-corrected chi connectivity index (χ3v) is 9.11. The van der Waals surface area contributed by atoms with Crippen LogP contribution in [0.2, 0.25) is 0 Å². The van der Waals surface area contributed by atoms with Crippen LogP contribution < -0.4 is 16.0 Å². The Morgan fingerprint density at radius 3 is 1.54 bits per heavy atom. The number of carbonyl (C=O) groups is 3. The van der Waals surface area contributed by atoms with Crippen molar-refractivity contribution in [2.45, 2.75) is 142 Å². The molecule has 0 saturated heterocycles. The van der Waals surface area contributed by atoms with E-state index in [4.69, 9.17) is 0 Å². The lowest BCUT2D eigenvalue weighted by atomic mass is 9.84. The molecule has 6 nitrogen and oxygen atoms in total. The molecule has 3 saturated carbocycles. The van der Waals surface area contributed by atoms with Gasteiger partial charge in [-0.3, -0.25) is 14.4 Å². The van der Waals surface area contributed by atoms with Gasteiger partial charge < -0.3 is 16.0 Å². The lowest BCUT2D eigenvalue weighted by Crippen LogP contribution is -2.46. The second-order valence-electron chi connectivity index (χ2n) is 12.0. The van der Waals surface area contributed by atoms with Gasteiger partial charge in [0.15, 0.2) is 0 Å². The summed E-state index contributed by atoms with van der Waals surface area (Å²) >= 11 is 0. The molecule has 0 aromatic rings. The van der Waals surface area contributed by atoms with Gasteiger partial charge in [-0.05, 0) is 69.1 Å². The van der Waals surface area contributed by atoms with Crippen LogP contribution in [0.15, 0.2) is 0 Å². The van der Waals surface area contributed by atoms with E-state index in [1.807, 2.05) is 0 Å². The molecule has 3 amide bonds. The van der Waals surface area contributed by atoms with Gasteiger partial charge in [0, 0.05) is 36.9 Å². The fraction of sp³-hybridized carbons (Fsp3) is 0.897. The Bertz CT molecular complexity index is 697. The third-order valence-electron chi connectivity index (χ3n) is 9.11. The summed E-state index contributed by atoms with van der Waals surface area (Å²) in [5.74, 6) is 1.21. The quantitative estimate of drug-likeness (QED) is 0.392. The summed E-state index contributed by atoms with van der Waals surface area (Å²) in [6, 6.07) is 0.712. The maximum absolute atomic E-state index is 13.3. The number of amides is 3. The van der Waals surface area contributed by atoms with Crippen molar-refractivity contribution in [3.63, 3.8) is 0 Å². The highest BCUT2D eigenvalue weighted by molar-refractivity contribution is 5.86. The van der Waals surface area contributed by atoms with E-state index in [9.17, 15) is 14.4 Å². The first-order chi connectivity index (χ1) is 16.8. The molecule has 3 N–H and O–H groups in total. The van der Waals surface area contributed by atoms with E-state index < -0.39 is 0 Å². The Morgan fingerprint density at radius 2 is 1.06 bits per heavy atom. The smallest absolute Gasteiger partial charge is 0.223 e. The molecule has 3 fully saturated rings. The van der Waals surface area contributed by atoms with Crippen LogP contribution in [0.4, 0.5) is 0 Å². The van der Waals surface area contributed by atoms with Crippen LogP contribution in [0.25, 0.3) is 0 Å². The number of hydrogen-bond donors (Lipinski definition) is 3. The number of carbonyl (C=O) groups excluding carboxylic acids is 3. The topological polar surface area (TPSA) is 87.3 Å². The van der Waals surface area contributed by atoms with Gasteiger partial charge in [0.1, 0.15) is 0 Å². The summed E-state index contributed by atoms with van der Waals surface area (Å²) in [7, 11) is 0. The standard InChI is InChI=1S/C29H51N3O3/c1-20-11-4-7-15-24(20)30-27(33)18-10-14-23(29(35)32-26-17-9-6-13-22(26)3)19-28(34)31-25-16-8-5-12-21(25)2/h20-26H,4-19H2,1-3H3,(H,30,33)(H,31,34)(H,32,35). The average Bonchev–Trinajstić information content (AvgIpc) is 2.83. The van der Waals surface area contributed by atoms with Crippen LogP contribution >= 0.6 is 0 Å². The minimum Gasteiger partial charge on any atom is -0.353 e. The van der Waals surface area contributed by atoms with Crippen LogP contribution in [0, 0.1) is 23.7 Å². The highest BCUT2D eigenvalue weighted by Gasteiger charge is 2.30. The zero-order valence-corrected chi connectivity index (χ0v) is 22.6. The van der Waals surface area contributed by atoms with Gasteiger partial charge in [0.25, 0.3) is 0 Å². The van der Waals surface area contributed by atoms with E-state index >= 15 is 0 Å². The molecule has 0 spiro atoms. The van der Waals surface area contributed by atoms with Crippen molar-refractivity contribution in [2.75, 3.05) is 0 Å². The van der Waals surface area contributed by atoms with Crippen LogP contribution in [0.1, 0.15) is 124 Å². The first-order valence-corrected chi connectivity index (χ1v) is 14.7. The Balaban J connectivity index is 1.52. The van der Waals surface area contributed by atoms with Crippen molar-refractivity contribution in [3.05, 3.63) is 0 Å². The SMILES string of the molecule is CC1CCCCC1NC(=O)CCCC(CC(=O)NC1CCCCC1C)C(=O)NC1CCCCC1C. The molecule has 0 aliphatic heterocycles. The van der Waals surface area contributed by atoms with Crippen molar-refractivity contribution >= 4 is 17.7 Å². The zero-order valence-electron chi connectivity index (χ0n) is 22.6. The highest BCUT2D eigenvalue weighted by atomic mass is 16.2. The first-order valence-electron chi connectivity index (χ1n) is 14.7. The van der Waals surface area contributed by atoms with Crippen LogP contribution in [-0.2, 0) is 14.4 Å². The first kappa shape index (κ1) is 28.0. The summed E-state index contributed by atoms with van der Waals surface area (Å²) in [4.78, 5) is 38.8. The molecule has 0 aromatic heterocycles. The van der Waals surface area contributed by atoms with Gasteiger partial charge in [0.2, 0.25) is 17.7 Å². The number of hydrogen-bond acceptors (Lipinski definition) is 3. The van der Waals surface area contributed by atoms with Crippen molar-refractivity contribution in [2.24, 2.45) is 23.7 Å². The van der Waals surface area contributed by atoms with Gasteiger partial charge >= 0.3 is 0 Å². The molecule has 3 rings (SSSR count). The molecule has 0 heterocycles. The van der Waals surface area contributed by atoms with E-state index in [2.05, 4.69) is 36.7 Å². The molecule has 3 aliphatic carbocycles. The summed E-state index contributed by atoms with van der Waals surface area (Å²) in [6.45, 7) is 6.65. The van der Waals surface area contributed by atoms with Crippen LogP contribution in [-0.4, -0.2) is 35.8 Å². The predicted molar refractivity (Wildman–Crippen MR) is 141 cm³/mol. The minimum atomic E-state index is -0.371. The van der Waals surface area contributed by atoms with Gasteiger partial charge in [-0.1, -0.05) is 59.3 Å². The van der Waals surface area contributed by atoms with E-state index in [1.54, 1.807) is 0 Å². The largest absolute Gasteiger partial charge is 0.353 e. The Kier molecular flexibility index (Phi) is 11.4. The Labute approximate surface area is 213 Å². The Hall–Kier alpha value is -1.59. The summed E-state index contributed by atoms with van der Waals surface area (Å²) in [5, 5.41) is 9.73. The molecule has 7 unspecified atom stereocenters. The van der Waals surface area contributed by atoms with Gasteiger partial charge in [-0.15, -0.1) is 0 Å². The van der Waals surface area contributed by atoms with Crippen molar-refractivity contribution in [3.8, 4) is 0 Å². The molecule has 0 aromatic carbocycles. The summed E-state index contributed by atoms with van der Waals surface area (Å²) in [6.07, 6.45) is 15.7. The molecule has 0 radical (unpaired) electrons. The van der Waals surface area contributed by atoms with E-state index in [1.165, 1.54) is 32.1 Å². The summed E-state index contributed by atoms with van der Waals surface area (Å²) < 4.78 is 0. The molecule has 0 bridgehead atoms. The fourth-order valence-electron chi connectivity index (χ4n) is 6.50. The average molecular weight is 490 g/mol. The molecule has 6 heteroatoms. The monoisotopic (exact) mass is 489 g/mol. The second-order valence-corrected chi connectivity index (χ2v) is 12.0. The summed E-state index contributed by atoms with van der Waals surface area (Å²) in [5.41, 5.74) is 0. The lowest BCUT2D eigenvalue weighted by molar-refractivity contribution is -0.132. The lowest BCUT2D eigenvalue weighted by Gasteiger charge is -2.32. The molecule has 200 valence electrons. The van der Waals surface area contributed by atoms with E-state index in [-0.39, 0.29) is 48.2 Å². The number of nitrogens with one attached hydrogen (secondary N) is 3. The second kappa shape index (κ2) is 14.2. The van der Waals surface area contributed by atoms with E-state index in [0.717, 1.165) is 44.9 Å². The molecule has 7 atom stereocenters. The normalized spacial score (nSPS) is 32.3. The third kappa shape index (κ3) is 9.09. The highest BCUT2D eigenvalue weighted by Crippen LogP contribution is 2.27. The molecule has 35 heavy (non-hydrogen) atoms. The van der Waals surface area contributed by atoms with Crippen molar-refractivity contribution in [1.82, 2.24) is 16.0 Å². The molecular formula is C29H51N3O3. The maximum atomic E-state index is 13.3. The molecular weight excluding hydrogens is 438 g/mol. The van der Waals surface area contributed by atoms with Gasteiger partial charge in [-0.25, -0.2) is 0 Å². The minimum absolute atomic E-state index is 0.00287. The van der Waals surface area contributed by atoms with Crippen LogP contribution in [0.3, 0.4) is 0 Å². The molecule has 3 aliphatic rings. The fourth-order valence-corrected chi connectivity index (χ4v) is 6.50. The Morgan fingerprint density at radius 1 is 0.629 bits per heavy atom. The maximum Gasteiger partial charge on any atom is 0.223 e. The predicted octanol–water partition coefficient (Wildman–Crippen LogP) is 5.25. The zero-order chi connectivity index (χ0) is 25.2. The van der Waals surface area contributed by atoms with Crippen molar-refractivity contribution < 1.29 is 14.4 Å². The van der Waals surface area contributed by atoms with Crippen molar-refractivity contribution in [1.29, 1.82) is 0 Å². The van der Waals surface area contributed by atoms with E-state index in [0.29, 0.717) is 37.0 Å². The van der Waals surface area contributed by atoms with Crippen LogP contribution in [0.5, 0.6) is 0 Å². The van der Waals surface area contributed by atoms with Gasteiger partial charge in [0.05, 0.1) is 0 Å².